The minimum absolute atomic E-state index is 0.200. The van der Waals surface area contributed by atoms with Crippen LogP contribution in [0.1, 0.15) is 15.9 Å². The molecular weight excluding hydrogens is 288 g/mol. The van der Waals surface area contributed by atoms with Crippen LogP contribution in [0, 0.1) is 0 Å². The summed E-state index contributed by atoms with van der Waals surface area (Å²) in [4.78, 5) is 10.7. The molecule has 0 aliphatic heterocycles. The van der Waals surface area contributed by atoms with Gasteiger partial charge in [0.25, 0.3) is 0 Å². The Kier molecular flexibility index (Phi) is 4.15. The lowest BCUT2D eigenvalue weighted by atomic mass is 10.1. The van der Waals surface area contributed by atoms with Gasteiger partial charge in [-0.1, -0.05) is 24.3 Å². The maximum Gasteiger partial charge on any atom is 0.173 e. The molecule has 1 aromatic carbocycles. The lowest BCUT2D eigenvalue weighted by Gasteiger charge is -2.03. The fourth-order valence-electron chi connectivity index (χ4n) is 2.41. The molecule has 4 nitrogen and oxygen atoms in total. The Bertz CT molecular complexity index is 807. The number of carboxylic acids is 1. The molecule has 0 fully saturated rings. The first kappa shape index (κ1) is 14.9. The van der Waals surface area contributed by atoms with Crippen LogP contribution in [0.5, 0.6) is 0 Å². The maximum absolute atomic E-state index is 10.7. The molecule has 4 heteroatoms. The predicted molar refractivity (Wildman–Crippen MR) is 83.1 cm³/mol. The molecule has 0 saturated heterocycles. The SMILES string of the molecule is C[n+]1ccc(-c2cc[n+](Cc3ccc(C(=O)[O-])cc3)cc2)cc1. The van der Waals surface area contributed by atoms with Crippen molar-refractivity contribution in [3.63, 3.8) is 0 Å². The van der Waals surface area contributed by atoms with E-state index in [1.54, 1.807) is 12.1 Å². The van der Waals surface area contributed by atoms with Gasteiger partial charge < -0.3 is 9.90 Å². The van der Waals surface area contributed by atoms with Crippen LogP contribution in [0.15, 0.2) is 73.3 Å². The molecule has 0 bridgehead atoms. The molecule has 0 spiro atoms. The molecule has 0 saturated carbocycles. The highest BCUT2D eigenvalue weighted by Gasteiger charge is 2.06. The van der Waals surface area contributed by atoms with Crippen molar-refractivity contribution in [3.8, 4) is 11.1 Å². The summed E-state index contributed by atoms with van der Waals surface area (Å²) in [5.74, 6) is -1.15. The summed E-state index contributed by atoms with van der Waals surface area (Å²) in [7, 11) is 1.99. The zero-order valence-electron chi connectivity index (χ0n) is 12.8. The van der Waals surface area contributed by atoms with Crippen LogP contribution >= 0.6 is 0 Å². The van der Waals surface area contributed by atoms with Crippen LogP contribution in [-0.4, -0.2) is 5.97 Å². The summed E-state index contributed by atoms with van der Waals surface area (Å²) < 4.78 is 4.06. The first-order valence-electron chi connectivity index (χ1n) is 7.37. The van der Waals surface area contributed by atoms with Gasteiger partial charge in [-0.2, -0.15) is 0 Å². The van der Waals surface area contributed by atoms with Crippen LogP contribution in [0.2, 0.25) is 0 Å². The summed E-state index contributed by atoms with van der Waals surface area (Å²) in [5.41, 5.74) is 3.58. The van der Waals surface area contributed by atoms with Crippen molar-refractivity contribution < 1.29 is 19.0 Å². The van der Waals surface area contributed by atoms with Gasteiger partial charge in [-0.3, -0.25) is 0 Å². The minimum atomic E-state index is -1.15. The van der Waals surface area contributed by atoms with Crippen molar-refractivity contribution in [2.24, 2.45) is 7.05 Å². The van der Waals surface area contributed by atoms with Crippen molar-refractivity contribution >= 4 is 5.97 Å². The summed E-state index contributed by atoms with van der Waals surface area (Å²) in [6.45, 7) is 0.692. The number of aromatic nitrogens is 2. The van der Waals surface area contributed by atoms with E-state index < -0.39 is 5.97 Å². The van der Waals surface area contributed by atoms with Gasteiger partial charge in [-0.15, -0.1) is 0 Å². The molecule has 0 atom stereocenters. The molecule has 0 N–H and O–H groups in total. The third kappa shape index (κ3) is 3.61. The molecule has 0 aliphatic rings. The van der Waals surface area contributed by atoms with Gasteiger partial charge in [0, 0.05) is 29.8 Å². The van der Waals surface area contributed by atoms with Gasteiger partial charge in [0.15, 0.2) is 31.3 Å². The Morgan fingerprint density at radius 2 is 1.39 bits per heavy atom. The molecule has 0 unspecified atom stereocenters. The molecule has 23 heavy (non-hydrogen) atoms. The van der Waals surface area contributed by atoms with E-state index in [0.29, 0.717) is 6.54 Å². The van der Waals surface area contributed by atoms with E-state index in [9.17, 15) is 9.90 Å². The number of pyridine rings is 2. The van der Waals surface area contributed by atoms with E-state index in [1.807, 2.05) is 48.5 Å². The second-order valence-corrected chi connectivity index (χ2v) is 5.50. The molecule has 0 aliphatic carbocycles. The molecule has 114 valence electrons. The van der Waals surface area contributed by atoms with Gasteiger partial charge in [0.05, 0.1) is 5.97 Å². The summed E-state index contributed by atoms with van der Waals surface area (Å²) in [6.07, 6.45) is 8.09. The van der Waals surface area contributed by atoms with Crippen molar-refractivity contribution in [3.05, 3.63) is 84.4 Å². The van der Waals surface area contributed by atoms with Gasteiger partial charge >= 0.3 is 0 Å². The third-order valence-electron chi connectivity index (χ3n) is 3.76. The van der Waals surface area contributed by atoms with Crippen molar-refractivity contribution in [1.82, 2.24) is 0 Å². The Balaban J connectivity index is 1.74. The van der Waals surface area contributed by atoms with Crippen LogP contribution in [0.3, 0.4) is 0 Å². The number of carboxylic acid groups (broad SMARTS) is 1. The highest BCUT2D eigenvalue weighted by atomic mass is 16.4. The summed E-state index contributed by atoms with van der Waals surface area (Å²) in [5, 5.41) is 10.7. The fourth-order valence-corrected chi connectivity index (χ4v) is 2.41. The molecule has 0 amide bonds. The lowest BCUT2D eigenvalue weighted by molar-refractivity contribution is -0.688. The average Bonchev–Trinajstić information content (AvgIpc) is 2.57. The minimum Gasteiger partial charge on any atom is -0.545 e. The van der Waals surface area contributed by atoms with Gasteiger partial charge in [-0.25, -0.2) is 9.13 Å². The number of carbonyl (C=O) groups excluding carboxylic acids is 1. The highest BCUT2D eigenvalue weighted by molar-refractivity contribution is 5.85. The van der Waals surface area contributed by atoms with Gasteiger partial charge in [0.2, 0.25) is 0 Å². The number of rotatable bonds is 4. The molecule has 0 radical (unpaired) electrons. The first-order chi connectivity index (χ1) is 11.1. The maximum atomic E-state index is 10.7. The monoisotopic (exact) mass is 305 g/mol. The summed E-state index contributed by atoms with van der Waals surface area (Å²) in [6, 6.07) is 15.1. The number of benzene rings is 1. The van der Waals surface area contributed by atoms with Crippen LogP contribution in [0.4, 0.5) is 0 Å². The zero-order chi connectivity index (χ0) is 16.2. The average molecular weight is 305 g/mol. The second-order valence-electron chi connectivity index (χ2n) is 5.50. The van der Waals surface area contributed by atoms with Crippen LogP contribution in [-0.2, 0) is 13.6 Å². The van der Waals surface area contributed by atoms with E-state index in [1.165, 1.54) is 5.56 Å². The quantitative estimate of drug-likeness (QED) is 0.672. The van der Waals surface area contributed by atoms with Crippen LogP contribution in [0.25, 0.3) is 11.1 Å². The van der Waals surface area contributed by atoms with E-state index in [0.717, 1.165) is 11.1 Å². The molecule has 3 aromatic rings. The van der Waals surface area contributed by atoms with Crippen LogP contribution < -0.4 is 14.2 Å². The smallest absolute Gasteiger partial charge is 0.173 e. The fraction of sp³-hybridized carbons (Fsp3) is 0.105. The summed E-state index contributed by atoms with van der Waals surface area (Å²) >= 11 is 0. The Labute approximate surface area is 134 Å². The number of hydrogen-bond donors (Lipinski definition) is 0. The van der Waals surface area contributed by atoms with E-state index in [4.69, 9.17) is 0 Å². The Morgan fingerprint density at radius 3 is 1.91 bits per heavy atom. The van der Waals surface area contributed by atoms with E-state index in [2.05, 4.69) is 28.8 Å². The molecule has 2 heterocycles. The van der Waals surface area contributed by atoms with Crippen molar-refractivity contribution in [1.29, 1.82) is 0 Å². The second kappa shape index (κ2) is 6.40. The number of aromatic carboxylic acids is 1. The van der Waals surface area contributed by atoms with Crippen molar-refractivity contribution in [2.45, 2.75) is 6.54 Å². The van der Waals surface area contributed by atoms with Gasteiger partial charge in [-0.05, 0) is 16.7 Å². The zero-order valence-corrected chi connectivity index (χ0v) is 12.8. The number of aryl methyl sites for hydroxylation is 1. The molecular formula is C19H17N2O2+. The standard InChI is InChI=1S/C19H17N2O2/c1-20-10-6-16(7-11-20)17-8-12-21(13-9-17)14-15-2-4-18(5-3-15)19(22)23/h2-13H,14H2,1H3/q+1. The van der Waals surface area contributed by atoms with E-state index in [-0.39, 0.29) is 5.56 Å². The predicted octanol–water partition coefficient (Wildman–Crippen LogP) is 0.877. The Hall–Kier alpha value is -3.01. The largest absolute Gasteiger partial charge is 0.545 e. The van der Waals surface area contributed by atoms with E-state index >= 15 is 0 Å². The van der Waals surface area contributed by atoms with Gasteiger partial charge in [0.1, 0.15) is 7.05 Å². The lowest BCUT2D eigenvalue weighted by Crippen LogP contribution is -2.33. The third-order valence-corrected chi connectivity index (χ3v) is 3.76. The normalized spacial score (nSPS) is 10.5. The number of carbonyl (C=O) groups is 1. The highest BCUT2D eigenvalue weighted by Crippen LogP contribution is 2.15. The number of hydrogen-bond acceptors (Lipinski definition) is 2. The molecule has 2 aromatic heterocycles. The number of nitrogens with zero attached hydrogens (tertiary/aromatic N) is 2. The Morgan fingerprint density at radius 1 is 0.870 bits per heavy atom. The van der Waals surface area contributed by atoms with Crippen molar-refractivity contribution in [2.75, 3.05) is 0 Å². The molecule has 3 rings (SSSR count). The topological polar surface area (TPSA) is 47.9 Å². The first-order valence-corrected chi connectivity index (χ1v) is 7.37.